The van der Waals surface area contributed by atoms with Gasteiger partial charge in [-0.15, -0.1) is 0 Å². The number of aliphatic hydroxyl groups is 1. The number of hydrogen-bond acceptors (Lipinski definition) is 3. The standard InChI is InChI=1S/C8H15F2NO3/c1-8(2,14-3)7(13)11-4-5(12)6(9)10/h5-6,12H,4H2,1-3H3,(H,11,13). The van der Waals surface area contributed by atoms with Gasteiger partial charge < -0.3 is 15.2 Å². The van der Waals surface area contributed by atoms with Gasteiger partial charge >= 0.3 is 0 Å². The highest BCUT2D eigenvalue weighted by Crippen LogP contribution is 2.07. The minimum Gasteiger partial charge on any atom is -0.385 e. The quantitative estimate of drug-likeness (QED) is 0.680. The SMILES string of the molecule is COC(C)(C)C(=O)NCC(O)C(F)F. The fourth-order valence-corrected chi connectivity index (χ4v) is 0.592. The zero-order chi connectivity index (χ0) is 11.4. The summed E-state index contributed by atoms with van der Waals surface area (Å²) in [6, 6.07) is 0. The van der Waals surface area contributed by atoms with Crippen LogP contribution in [0, 0.1) is 0 Å². The third-order valence-electron chi connectivity index (χ3n) is 1.82. The van der Waals surface area contributed by atoms with Crippen molar-refractivity contribution in [3.8, 4) is 0 Å². The molecule has 0 spiro atoms. The Bertz CT molecular complexity index is 197. The minimum atomic E-state index is -2.86. The first-order valence-corrected chi connectivity index (χ1v) is 4.11. The van der Waals surface area contributed by atoms with Gasteiger partial charge in [0.1, 0.15) is 11.7 Å². The molecule has 0 aliphatic carbocycles. The maximum Gasteiger partial charge on any atom is 0.265 e. The zero-order valence-corrected chi connectivity index (χ0v) is 8.38. The Labute approximate surface area is 81.2 Å². The van der Waals surface area contributed by atoms with E-state index in [1.54, 1.807) is 0 Å². The van der Waals surface area contributed by atoms with E-state index in [2.05, 4.69) is 5.32 Å². The largest absolute Gasteiger partial charge is 0.385 e. The highest BCUT2D eigenvalue weighted by molar-refractivity contribution is 5.84. The second-order valence-corrected chi connectivity index (χ2v) is 3.33. The van der Waals surface area contributed by atoms with Crippen LogP contribution in [0.3, 0.4) is 0 Å². The molecule has 0 fully saturated rings. The number of hydrogen-bond donors (Lipinski definition) is 2. The third-order valence-corrected chi connectivity index (χ3v) is 1.82. The summed E-state index contributed by atoms with van der Waals surface area (Å²) in [5.74, 6) is -0.542. The number of ether oxygens (including phenoxy) is 1. The zero-order valence-electron chi connectivity index (χ0n) is 8.38. The maximum absolute atomic E-state index is 11.8. The molecule has 14 heavy (non-hydrogen) atoms. The normalized spacial score (nSPS) is 14.2. The van der Waals surface area contributed by atoms with Gasteiger partial charge in [0.2, 0.25) is 0 Å². The number of amides is 1. The van der Waals surface area contributed by atoms with Crippen LogP contribution in [0.25, 0.3) is 0 Å². The highest BCUT2D eigenvalue weighted by atomic mass is 19.3. The number of nitrogens with one attached hydrogen (secondary N) is 1. The number of carbonyl (C=O) groups excluding carboxylic acids is 1. The van der Waals surface area contributed by atoms with Gasteiger partial charge in [-0.2, -0.15) is 0 Å². The van der Waals surface area contributed by atoms with Crippen molar-refractivity contribution in [2.45, 2.75) is 32.0 Å². The Morgan fingerprint density at radius 3 is 2.43 bits per heavy atom. The average molecular weight is 211 g/mol. The van der Waals surface area contributed by atoms with Crippen molar-refractivity contribution in [2.75, 3.05) is 13.7 Å². The number of aliphatic hydroxyl groups excluding tert-OH is 1. The van der Waals surface area contributed by atoms with Crippen molar-refractivity contribution in [3.63, 3.8) is 0 Å². The van der Waals surface area contributed by atoms with E-state index < -0.39 is 30.6 Å². The lowest BCUT2D eigenvalue weighted by atomic mass is 10.1. The van der Waals surface area contributed by atoms with Crippen LogP contribution in [0.4, 0.5) is 8.78 Å². The van der Waals surface area contributed by atoms with E-state index in [0.29, 0.717) is 0 Å². The van der Waals surface area contributed by atoms with Crippen molar-refractivity contribution in [1.29, 1.82) is 0 Å². The summed E-state index contributed by atoms with van der Waals surface area (Å²) >= 11 is 0. The predicted molar refractivity (Wildman–Crippen MR) is 46.1 cm³/mol. The molecule has 1 amide bonds. The van der Waals surface area contributed by atoms with Crippen molar-refractivity contribution < 1.29 is 23.4 Å². The first-order valence-electron chi connectivity index (χ1n) is 4.11. The molecule has 0 rings (SSSR count). The van der Waals surface area contributed by atoms with Gasteiger partial charge in [0, 0.05) is 13.7 Å². The number of methoxy groups -OCH3 is 1. The topological polar surface area (TPSA) is 58.6 Å². The Balaban J connectivity index is 3.97. The van der Waals surface area contributed by atoms with Gasteiger partial charge in [-0.25, -0.2) is 8.78 Å². The van der Waals surface area contributed by atoms with Crippen LogP contribution in [0.1, 0.15) is 13.8 Å². The molecule has 0 radical (unpaired) electrons. The van der Waals surface area contributed by atoms with E-state index in [1.807, 2.05) is 0 Å². The first-order chi connectivity index (χ1) is 6.31. The van der Waals surface area contributed by atoms with Gasteiger partial charge in [-0.1, -0.05) is 0 Å². The molecule has 0 aromatic rings. The molecule has 0 saturated carbocycles. The molecule has 1 atom stereocenters. The summed E-state index contributed by atoms with van der Waals surface area (Å²) in [6.07, 6.45) is -4.70. The average Bonchev–Trinajstić information content (AvgIpc) is 2.13. The molecule has 1 unspecified atom stereocenters. The van der Waals surface area contributed by atoms with Crippen molar-refractivity contribution in [3.05, 3.63) is 0 Å². The Morgan fingerprint density at radius 2 is 2.07 bits per heavy atom. The van der Waals surface area contributed by atoms with Crippen LogP contribution in [0.15, 0.2) is 0 Å². The summed E-state index contributed by atoms with van der Waals surface area (Å²) in [6.45, 7) is 2.51. The van der Waals surface area contributed by atoms with Gasteiger partial charge in [-0.05, 0) is 13.8 Å². The van der Waals surface area contributed by atoms with Gasteiger partial charge in [0.05, 0.1) is 0 Å². The Kier molecular flexibility index (Phi) is 4.93. The van der Waals surface area contributed by atoms with Crippen LogP contribution < -0.4 is 5.32 Å². The summed E-state index contributed by atoms with van der Waals surface area (Å²) < 4.78 is 28.5. The molecule has 2 N–H and O–H groups in total. The molecule has 0 saturated heterocycles. The highest BCUT2D eigenvalue weighted by Gasteiger charge is 2.28. The molecule has 6 heteroatoms. The summed E-state index contributed by atoms with van der Waals surface area (Å²) in [7, 11) is 1.34. The second kappa shape index (κ2) is 5.21. The molecule has 0 aliphatic heterocycles. The van der Waals surface area contributed by atoms with Gasteiger partial charge in [-0.3, -0.25) is 4.79 Å². The van der Waals surface area contributed by atoms with Crippen LogP contribution in [0.5, 0.6) is 0 Å². The molecular formula is C8H15F2NO3. The van der Waals surface area contributed by atoms with Crippen molar-refractivity contribution in [2.24, 2.45) is 0 Å². The van der Waals surface area contributed by atoms with Crippen LogP contribution in [-0.4, -0.2) is 42.8 Å². The third kappa shape index (κ3) is 3.97. The maximum atomic E-state index is 11.8. The molecular weight excluding hydrogens is 196 g/mol. The molecule has 4 nitrogen and oxygen atoms in total. The lowest BCUT2D eigenvalue weighted by Gasteiger charge is -2.22. The smallest absolute Gasteiger partial charge is 0.265 e. The lowest BCUT2D eigenvalue weighted by Crippen LogP contribution is -2.47. The fourth-order valence-electron chi connectivity index (χ4n) is 0.592. The van der Waals surface area contributed by atoms with Crippen LogP contribution >= 0.6 is 0 Å². The van der Waals surface area contributed by atoms with Crippen LogP contribution in [0.2, 0.25) is 0 Å². The summed E-state index contributed by atoms with van der Waals surface area (Å²) in [4.78, 5) is 11.2. The van der Waals surface area contributed by atoms with Crippen molar-refractivity contribution in [1.82, 2.24) is 5.32 Å². The second-order valence-electron chi connectivity index (χ2n) is 3.33. The minimum absolute atomic E-state index is 0.483. The molecule has 0 aromatic heterocycles. The van der Waals surface area contributed by atoms with E-state index in [-0.39, 0.29) is 0 Å². The Hall–Kier alpha value is -0.750. The Morgan fingerprint density at radius 1 is 1.57 bits per heavy atom. The molecule has 0 aromatic carbocycles. The summed E-state index contributed by atoms with van der Waals surface area (Å²) in [5.41, 5.74) is -1.08. The summed E-state index contributed by atoms with van der Waals surface area (Å²) in [5, 5.41) is 10.9. The molecule has 0 heterocycles. The molecule has 0 aliphatic rings. The monoisotopic (exact) mass is 211 g/mol. The van der Waals surface area contributed by atoms with E-state index in [0.717, 1.165) is 0 Å². The predicted octanol–water partition coefficient (Wildman–Crippen LogP) is 0.154. The van der Waals surface area contributed by atoms with E-state index in [4.69, 9.17) is 9.84 Å². The van der Waals surface area contributed by atoms with E-state index in [1.165, 1.54) is 21.0 Å². The molecule has 84 valence electrons. The van der Waals surface area contributed by atoms with E-state index in [9.17, 15) is 13.6 Å². The van der Waals surface area contributed by atoms with E-state index >= 15 is 0 Å². The van der Waals surface area contributed by atoms with Gasteiger partial charge in [0.15, 0.2) is 0 Å². The number of carbonyl (C=O) groups is 1. The van der Waals surface area contributed by atoms with Crippen LogP contribution in [-0.2, 0) is 9.53 Å². The van der Waals surface area contributed by atoms with Gasteiger partial charge in [0.25, 0.3) is 12.3 Å². The first kappa shape index (κ1) is 13.2. The fraction of sp³-hybridized carbons (Fsp3) is 0.875. The number of alkyl halides is 2. The molecule has 0 bridgehead atoms. The number of halogens is 2. The lowest BCUT2D eigenvalue weighted by molar-refractivity contribution is -0.140. The van der Waals surface area contributed by atoms with Crippen molar-refractivity contribution >= 4 is 5.91 Å². The number of rotatable bonds is 5.